The fraction of sp³-hybridized carbons (Fsp3) is 0.583. The van der Waals surface area contributed by atoms with Gasteiger partial charge in [0.15, 0.2) is 0 Å². The van der Waals surface area contributed by atoms with Crippen molar-refractivity contribution in [2.45, 2.75) is 45.3 Å². The number of halogens is 2. The monoisotopic (exact) mass is 271 g/mol. The van der Waals surface area contributed by atoms with Crippen LogP contribution in [0.25, 0.3) is 0 Å². The van der Waals surface area contributed by atoms with Crippen molar-refractivity contribution in [3.63, 3.8) is 0 Å². The van der Waals surface area contributed by atoms with Crippen LogP contribution < -0.4 is 5.46 Å². The van der Waals surface area contributed by atoms with Crippen molar-refractivity contribution < 1.29 is 23.2 Å². The van der Waals surface area contributed by atoms with E-state index in [1.807, 2.05) is 27.7 Å². The van der Waals surface area contributed by atoms with Crippen LogP contribution in [0.5, 0.6) is 5.75 Å². The maximum atomic E-state index is 12.5. The Morgan fingerprint density at radius 3 is 2.16 bits per heavy atom. The second kappa shape index (κ2) is 4.42. The van der Waals surface area contributed by atoms with Gasteiger partial charge in [0.1, 0.15) is 11.4 Å². The minimum Gasteiger partial charge on any atom is -0.506 e. The standard InChI is InChI=1S/C12H16BF2NO3/c1-11(2)12(3,4)19-13(18-11)7-5-8(17)9(10(14)15)16-6-7/h5-6,10,17H,1-4H3. The summed E-state index contributed by atoms with van der Waals surface area (Å²) in [5.74, 6) is -0.554. The molecule has 19 heavy (non-hydrogen) atoms. The van der Waals surface area contributed by atoms with E-state index in [9.17, 15) is 13.9 Å². The van der Waals surface area contributed by atoms with Crippen molar-refractivity contribution >= 4 is 12.6 Å². The minimum atomic E-state index is -2.81. The molecule has 0 radical (unpaired) electrons. The molecule has 1 aliphatic heterocycles. The molecule has 2 heterocycles. The molecule has 1 aromatic heterocycles. The van der Waals surface area contributed by atoms with Gasteiger partial charge >= 0.3 is 7.12 Å². The maximum absolute atomic E-state index is 12.5. The first kappa shape index (κ1) is 14.2. The van der Waals surface area contributed by atoms with E-state index in [2.05, 4.69) is 4.98 Å². The highest BCUT2D eigenvalue weighted by molar-refractivity contribution is 6.62. The van der Waals surface area contributed by atoms with Gasteiger partial charge in [-0.1, -0.05) is 0 Å². The van der Waals surface area contributed by atoms with E-state index in [-0.39, 0.29) is 0 Å². The van der Waals surface area contributed by atoms with Crippen LogP contribution in [0.4, 0.5) is 8.78 Å². The van der Waals surface area contributed by atoms with Crippen molar-refractivity contribution in [1.82, 2.24) is 4.98 Å². The predicted molar refractivity (Wildman–Crippen MR) is 66.6 cm³/mol. The Hall–Kier alpha value is -1.21. The molecule has 0 amide bonds. The van der Waals surface area contributed by atoms with Gasteiger partial charge in [0.05, 0.1) is 11.2 Å². The average molecular weight is 271 g/mol. The molecular weight excluding hydrogens is 255 g/mol. The summed E-state index contributed by atoms with van der Waals surface area (Å²) in [6.07, 6.45) is -1.57. The van der Waals surface area contributed by atoms with Gasteiger partial charge in [-0.3, -0.25) is 4.98 Å². The number of pyridine rings is 1. The third-order valence-electron chi connectivity index (χ3n) is 3.65. The zero-order chi connectivity index (χ0) is 14.4. The molecule has 0 bridgehead atoms. The Morgan fingerprint density at radius 1 is 1.21 bits per heavy atom. The topological polar surface area (TPSA) is 51.6 Å². The molecule has 4 nitrogen and oxygen atoms in total. The maximum Gasteiger partial charge on any atom is 0.496 e. The van der Waals surface area contributed by atoms with E-state index in [1.165, 1.54) is 12.3 Å². The number of hydrogen-bond acceptors (Lipinski definition) is 4. The summed E-state index contributed by atoms with van der Waals surface area (Å²) in [5.41, 5.74) is -1.29. The second-order valence-corrected chi connectivity index (χ2v) is 5.56. The van der Waals surface area contributed by atoms with Gasteiger partial charge in [0.2, 0.25) is 0 Å². The summed E-state index contributed by atoms with van der Waals surface area (Å²) in [4.78, 5) is 3.56. The van der Waals surface area contributed by atoms with E-state index in [0.717, 1.165) is 0 Å². The van der Waals surface area contributed by atoms with E-state index in [1.54, 1.807) is 0 Å². The summed E-state index contributed by atoms with van der Waals surface area (Å²) in [7, 11) is -0.727. The Kier molecular flexibility index (Phi) is 3.30. The van der Waals surface area contributed by atoms with Crippen molar-refractivity contribution in [2.24, 2.45) is 0 Å². The summed E-state index contributed by atoms with van der Waals surface area (Å²) in [6, 6.07) is 1.20. The van der Waals surface area contributed by atoms with E-state index in [0.29, 0.717) is 5.46 Å². The Morgan fingerprint density at radius 2 is 1.74 bits per heavy atom. The van der Waals surface area contributed by atoms with Gasteiger partial charge in [-0.2, -0.15) is 0 Å². The largest absolute Gasteiger partial charge is 0.506 e. The molecule has 1 saturated heterocycles. The number of rotatable bonds is 2. The molecule has 0 aliphatic carbocycles. The highest BCUT2D eigenvalue weighted by Gasteiger charge is 2.52. The lowest BCUT2D eigenvalue weighted by Gasteiger charge is -2.32. The smallest absolute Gasteiger partial charge is 0.496 e. The second-order valence-electron chi connectivity index (χ2n) is 5.56. The predicted octanol–water partition coefficient (Wildman–Crippen LogP) is 2.02. The molecule has 1 aliphatic rings. The molecular formula is C12H16BF2NO3. The molecule has 7 heteroatoms. The van der Waals surface area contributed by atoms with Gasteiger partial charge in [-0.25, -0.2) is 8.78 Å². The summed E-state index contributed by atoms with van der Waals surface area (Å²) in [5, 5.41) is 9.53. The highest BCUT2D eigenvalue weighted by atomic mass is 19.3. The fourth-order valence-corrected chi connectivity index (χ4v) is 1.76. The number of aromatic nitrogens is 1. The quantitative estimate of drug-likeness (QED) is 0.836. The normalized spacial score (nSPS) is 21.1. The molecule has 0 saturated carbocycles. The van der Waals surface area contributed by atoms with Crippen LogP contribution in [0, 0.1) is 0 Å². The minimum absolute atomic E-state index is 0.417. The SMILES string of the molecule is CC1(C)OB(c2cnc(C(F)F)c(O)c2)OC1(C)C. The lowest BCUT2D eigenvalue weighted by atomic mass is 9.80. The van der Waals surface area contributed by atoms with Crippen LogP contribution in [-0.2, 0) is 9.31 Å². The van der Waals surface area contributed by atoms with Gasteiger partial charge < -0.3 is 14.4 Å². The summed E-state index contributed by atoms with van der Waals surface area (Å²) in [6.45, 7) is 7.53. The lowest BCUT2D eigenvalue weighted by Crippen LogP contribution is -2.41. The van der Waals surface area contributed by atoms with Crippen molar-refractivity contribution in [3.8, 4) is 5.75 Å². The molecule has 0 aromatic carbocycles. The Labute approximate surface area is 110 Å². The molecule has 1 aromatic rings. The first-order valence-electron chi connectivity index (χ1n) is 5.96. The van der Waals surface area contributed by atoms with Crippen LogP contribution in [0.1, 0.15) is 39.8 Å². The first-order valence-corrected chi connectivity index (χ1v) is 5.96. The van der Waals surface area contributed by atoms with Crippen LogP contribution in [0.3, 0.4) is 0 Å². The number of alkyl halides is 2. The molecule has 0 unspecified atom stereocenters. The van der Waals surface area contributed by atoms with Gasteiger partial charge in [-0.05, 0) is 33.8 Å². The molecule has 0 spiro atoms. The third kappa shape index (κ3) is 2.44. The van der Waals surface area contributed by atoms with E-state index in [4.69, 9.17) is 9.31 Å². The van der Waals surface area contributed by atoms with Gasteiger partial charge in [0, 0.05) is 11.7 Å². The highest BCUT2D eigenvalue weighted by Crippen LogP contribution is 2.36. The number of nitrogens with zero attached hydrogens (tertiary/aromatic N) is 1. The Bertz CT molecular complexity index is 478. The number of hydrogen-bond donors (Lipinski definition) is 1. The van der Waals surface area contributed by atoms with Gasteiger partial charge in [0.25, 0.3) is 6.43 Å². The summed E-state index contributed by atoms with van der Waals surface area (Å²) >= 11 is 0. The van der Waals surface area contributed by atoms with Crippen LogP contribution in [0.2, 0.25) is 0 Å². The number of aromatic hydroxyl groups is 1. The van der Waals surface area contributed by atoms with Gasteiger partial charge in [-0.15, -0.1) is 0 Å². The molecule has 0 atom stereocenters. The summed E-state index contributed by atoms with van der Waals surface area (Å²) < 4.78 is 36.5. The Balaban J connectivity index is 2.28. The van der Waals surface area contributed by atoms with Crippen LogP contribution in [0.15, 0.2) is 12.3 Å². The first-order chi connectivity index (χ1) is 8.64. The van der Waals surface area contributed by atoms with Crippen LogP contribution in [-0.4, -0.2) is 28.4 Å². The van der Waals surface area contributed by atoms with E-state index >= 15 is 0 Å². The molecule has 104 valence electrons. The van der Waals surface area contributed by atoms with Crippen LogP contribution >= 0.6 is 0 Å². The average Bonchev–Trinajstić information content (AvgIpc) is 2.47. The van der Waals surface area contributed by atoms with Crippen molar-refractivity contribution in [3.05, 3.63) is 18.0 Å². The van der Waals surface area contributed by atoms with E-state index < -0.39 is 36.2 Å². The molecule has 1 fully saturated rings. The molecule has 2 rings (SSSR count). The third-order valence-corrected chi connectivity index (χ3v) is 3.65. The lowest BCUT2D eigenvalue weighted by molar-refractivity contribution is 0.00578. The fourth-order valence-electron chi connectivity index (χ4n) is 1.76. The van der Waals surface area contributed by atoms with Crippen molar-refractivity contribution in [1.29, 1.82) is 0 Å². The zero-order valence-corrected chi connectivity index (χ0v) is 11.3. The zero-order valence-electron chi connectivity index (χ0n) is 11.3. The van der Waals surface area contributed by atoms with Crippen molar-refractivity contribution in [2.75, 3.05) is 0 Å². The molecule has 1 N–H and O–H groups in total.